The Balaban J connectivity index is 2.30. The van der Waals surface area contributed by atoms with Crippen molar-refractivity contribution in [3.05, 3.63) is 29.8 Å². The molecule has 0 bridgehead atoms. The molecule has 1 aliphatic rings. The number of nitrogens with one attached hydrogen (secondary N) is 1. The van der Waals surface area contributed by atoms with Crippen LogP contribution in [0.4, 0.5) is 5.69 Å². The highest BCUT2D eigenvalue weighted by Crippen LogP contribution is 2.28. The molecule has 0 spiro atoms. The SMILES string of the molecule is CCNC(=O)c1ccccc1N1CC(CS)CC1=O. The summed E-state index contributed by atoms with van der Waals surface area (Å²) in [7, 11) is 0. The van der Waals surface area contributed by atoms with E-state index in [2.05, 4.69) is 17.9 Å². The number of hydrogen-bond acceptors (Lipinski definition) is 3. The van der Waals surface area contributed by atoms with Crippen molar-refractivity contribution in [2.24, 2.45) is 5.92 Å². The zero-order valence-corrected chi connectivity index (χ0v) is 11.8. The summed E-state index contributed by atoms with van der Waals surface area (Å²) in [6, 6.07) is 7.23. The van der Waals surface area contributed by atoms with E-state index >= 15 is 0 Å². The van der Waals surface area contributed by atoms with Gasteiger partial charge in [-0.25, -0.2) is 0 Å². The second kappa shape index (κ2) is 6.10. The number of rotatable bonds is 4. The Morgan fingerprint density at radius 1 is 1.47 bits per heavy atom. The van der Waals surface area contributed by atoms with E-state index in [1.165, 1.54) is 0 Å². The Hall–Kier alpha value is -1.49. The maximum atomic E-state index is 12.0. The molecule has 1 aromatic carbocycles. The molecule has 1 aliphatic heterocycles. The first-order chi connectivity index (χ1) is 9.17. The molecular formula is C14H18N2O2S. The molecule has 1 fully saturated rings. The molecule has 1 atom stereocenters. The van der Waals surface area contributed by atoms with Crippen LogP contribution in [0.2, 0.25) is 0 Å². The van der Waals surface area contributed by atoms with Crippen molar-refractivity contribution in [3.8, 4) is 0 Å². The van der Waals surface area contributed by atoms with Gasteiger partial charge in [0.25, 0.3) is 5.91 Å². The molecule has 1 aromatic rings. The fraction of sp³-hybridized carbons (Fsp3) is 0.429. The van der Waals surface area contributed by atoms with Crippen molar-refractivity contribution in [3.63, 3.8) is 0 Å². The number of hydrogen-bond donors (Lipinski definition) is 2. The Labute approximate surface area is 118 Å². The van der Waals surface area contributed by atoms with Gasteiger partial charge in [0.15, 0.2) is 0 Å². The molecule has 0 saturated carbocycles. The molecule has 1 unspecified atom stereocenters. The van der Waals surface area contributed by atoms with E-state index in [-0.39, 0.29) is 17.7 Å². The molecule has 2 amide bonds. The topological polar surface area (TPSA) is 49.4 Å². The minimum atomic E-state index is -0.139. The fourth-order valence-corrected chi connectivity index (χ4v) is 2.54. The second-order valence-corrected chi connectivity index (χ2v) is 5.00. The number of amides is 2. The predicted molar refractivity (Wildman–Crippen MR) is 78.8 cm³/mol. The van der Waals surface area contributed by atoms with Gasteiger partial charge >= 0.3 is 0 Å². The summed E-state index contributed by atoms with van der Waals surface area (Å²) in [6.45, 7) is 3.08. The highest BCUT2D eigenvalue weighted by atomic mass is 32.1. The number of nitrogens with zero attached hydrogens (tertiary/aromatic N) is 1. The van der Waals surface area contributed by atoms with Crippen LogP contribution in [-0.4, -0.2) is 30.7 Å². The molecule has 2 rings (SSSR count). The van der Waals surface area contributed by atoms with Crippen LogP contribution in [0, 0.1) is 5.92 Å². The average Bonchev–Trinajstić information content (AvgIpc) is 2.80. The first-order valence-electron chi connectivity index (χ1n) is 6.45. The van der Waals surface area contributed by atoms with E-state index in [0.717, 1.165) is 0 Å². The minimum Gasteiger partial charge on any atom is -0.352 e. The Morgan fingerprint density at radius 3 is 2.84 bits per heavy atom. The molecule has 0 aromatic heterocycles. The van der Waals surface area contributed by atoms with Gasteiger partial charge in [-0.15, -0.1) is 0 Å². The summed E-state index contributed by atoms with van der Waals surface area (Å²) in [5.74, 6) is 0.875. The van der Waals surface area contributed by atoms with Gasteiger partial charge in [0.2, 0.25) is 5.91 Å². The van der Waals surface area contributed by atoms with Gasteiger partial charge < -0.3 is 10.2 Å². The zero-order chi connectivity index (χ0) is 13.8. The molecular weight excluding hydrogens is 260 g/mol. The van der Waals surface area contributed by atoms with E-state index in [0.29, 0.717) is 36.5 Å². The molecule has 0 aliphatic carbocycles. The van der Waals surface area contributed by atoms with Gasteiger partial charge in [-0.05, 0) is 30.7 Å². The monoisotopic (exact) mass is 278 g/mol. The van der Waals surface area contributed by atoms with Crippen LogP contribution < -0.4 is 10.2 Å². The molecule has 0 radical (unpaired) electrons. The summed E-state index contributed by atoms with van der Waals surface area (Å²) >= 11 is 4.25. The lowest BCUT2D eigenvalue weighted by Gasteiger charge is -2.19. The van der Waals surface area contributed by atoms with E-state index in [4.69, 9.17) is 0 Å². The van der Waals surface area contributed by atoms with Crippen LogP contribution in [0.5, 0.6) is 0 Å². The van der Waals surface area contributed by atoms with Crippen LogP contribution in [0.3, 0.4) is 0 Å². The van der Waals surface area contributed by atoms with Gasteiger partial charge in [0.05, 0.1) is 11.3 Å². The van der Waals surface area contributed by atoms with Crippen molar-refractivity contribution < 1.29 is 9.59 Å². The van der Waals surface area contributed by atoms with Crippen LogP contribution in [0.15, 0.2) is 24.3 Å². The predicted octanol–water partition coefficient (Wildman–Crippen LogP) is 1.72. The van der Waals surface area contributed by atoms with Crippen molar-refractivity contribution >= 4 is 30.1 Å². The van der Waals surface area contributed by atoms with E-state index in [9.17, 15) is 9.59 Å². The van der Waals surface area contributed by atoms with Gasteiger partial charge in [-0.1, -0.05) is 12.1 Å². The smallest absolute Gasteiger partial charge is 0.253 e. The van der Waals surface area contributed by atoms with Gasteiger partial charge in [-0.3, -0.25) is 9.59 Å². The number of carbonyl (C=O) groups excluding carboxylic acids is 2. The molecule has 5 heteroatoms. The second-order valence-electron chi connectivity index (χ2n) is 4.63. The molecule has 1 saturated heterocycles. The number of para-hydroxylation sites is 1. The average molecular weight is 278 g/mol. The van der Waals surface area contributed by atoms with Crippen LogP contribution in [0.1, 0.15) is 23.7 Å². The molecule has 1 N–H and O–H groups in total. The van der Waals surface area contributed by atoms with Crippen molar-refractivity contribution in [2.75, 3.05) is 23.7 Å². The van der Waals surface area contributed by atoms with E-state index in [1.54, 1.807) is 11.0 Å². The number of thiol groups is 1. The zero-order valence-electron chi connectivity index (χ0n) is 10.9. The van der Waals surface area contributed by atoms with Gasteiger partial charge in [0.1, 0.15) is 0 Å². The minimum absolute atomic E-state index is 0.0656. The van der Waals surface area contributed by atoms with Gasteiger partial charge in [-0.2, -0.15) is 12.6 Å². The van der Waals surface area contributed by atoms with Crippen molar-refractivity contribution in [1.29, 1.82) is 0 Å². The van der Waals surface area contributed by atoms with Crippen LogP contribution in [-0.2, 0) is 4.79 Å². The molecule has 102 valence electrons. The highest BCUT2D eigenvalue weighted by molar-refractivity contribution is 7.80. The molecule has 1 heterocycles. The summed E-state index contributed by atoms with van der Waals surface area (Å²) in [5.41, 5.74) is 1.25. The summed E-state index contributed by atoms with van der Waals surface area (Å²) in [4.78, 5) is 25.8. The number of benzene rings is 1. The normalized spacial score (nSPS) is 18.7. The van der Waals surface area contributed by atoms with E-state index in [1.807, 2.05) is 25.1 Å². The number of carbonyl (C=O) groups is 2. The standard InChI is InChI=1S/C14H18N2O2S/c1-2-15-14(18)11-5-3-4-6-12(11)16-8-10(9-19)7-13(16)17/h3-6,10,19H,2,7-9H2,1H3,(H,15,18). The van der Waals surface area contributed by atoms with Gasteiger partial charge in [0, 0.05) is 19.5 Å². The first kappa shape index (κ1) is 13.9. The third-order valence-corrected chi connectivity index (χ3v) is 3.76. The lowest BCUT2D eigenvalue weighted by atomic mass is 10.1. The number of anilines is 1. The fourth-order valence-electron chi connectivity index (χ4n) is 2.29. The maximum Gasteiger partial charge on any atom is 0.253 e. The Kier molecular flexibility index (Phi) is 4.47. The quantitative estimate of drug-likeness (QED) is 0.824. The summed E-state index contributed by atoms with van der Waals surface area (Å²) in [5, 5.41) is 2.77. The lowest BCUT2D eigenvalue weighted by molar-refractivity contribution is -0.117. The third-order valence-electron chi connectivity index (χ3n) is 3.24. The Morgan fingerprint density at radius 2 is 2.21 bits per heavy atom. The summed E-state index contributed by atoms with van der Waals surface area (Å²) in [6.07, 6.45) is 0.507. The van der Waals surface area contributed by atoms with Crippen molar-refractivity contribution in [1.82, 2.24) is 5.32 Å². The largest absolute Gasteiger partial charge is 0.352 e. The summed E-state index contributed by atoms with van der Waals surface area (Å²) < 4.78 is 0. The van der Waals surface area contributed by atoms with Crippen LogP contribution in [0.25, 0.3) is 0 Å². The maximum absolute atomic E-state index is 12.0. The first-order valence-corrected chi connectivity index (χ1v) is 7.09. The molecule has 4 nitrogen and oxygen atoms in total. The third kappa shape index (κ3) is 2.92. The van der Waals surface area contributed by atoms with E-state index < -0.39 is 0 Å². The highest BCUT2D eigenvalue weighted by Gasteiger charge is 2.31. The lowest BCUT2D eigenvalue weighted by Crippen LogP contribution is -2.30. The molecule has 19 heavy (non-hydrogen) atoms. The van der Waals surface area contributed by atoms with Crippen molar-refractivity contribution in [2.45, 2.75) is 13.3 Å². The Bertz CT molecular complexity index is 490. The van der Waals surface area contributed by atoms with Crippen LogP contribution >= 0.6 is 12.6 Å².